The molecule has 8 heteroatoms. The molecule has 0 saturated carbocycles. The fraction of sp³-hybridized carbons (Fsp3) is 0.167. The molecule has 8 nitrogen and oxygen atoms in total. The molecule has 0 bridgehead atoms. The van der Waals surface area contributed by atoms with E-state index in [-0.39, 0.29) is 11.4 Å². The summed E-state index contributed by atoms with van der Waals surface area (Å²) in [6, 6.07) is 5.52. The lowest BCUT2D eigenvalue weighted by atomic mass is 10.2. The van der Waals surface area contributed by atoms with Gasteiger partial charge in [0.1, 0.15) is 11.4 Å². The zero-order valence-electron chi connectivity index (χ0n) is 10.9. The topological polar surface area (TPSA) is 99.3 Å². The first-order valence-electron chi connectivity index (χ1n) is 5.64. The van der Waals surface area contributed by atoms with Crippen molar-refractivity contribution < 1.29 is 14.5 Å². The molecule has 20 heavy (non-hydrogen) atoms. The van der Waals surface area contributed by atoms with Gasteiger partial charge in [-0.1, -0.05) is 0 Å². The zero-order chi connectivity index (χ0) is 14.7. The summed E-state index contributed by atoms with van der Waals surface area (Å²) in [5.74, 6) is -0.0880. The first-order chi connectivity index (χ1) is 9.52. The predicted molar refractivity (Wildman–Crippen MR) is 70.8 cm³/mol. The third-order valence-electron chi connectivity index (χ3n) is 2.70. The molecule has 1 aromatic carbocycles. The van der Waals surface area contributed by atoms with Gasteiger partial charge in [0.2, 0.25) is 0 Å². The number of amides is 1. The number of hydrogen-bond acceptors (Lipinski definition) is 5. The van der Waals surface area contributed by atoms with E-state index >= 15 is 0 Å². The molecule has 0 unspecified atom stereocenters. The van der Waals surface area contributed by atoms with Crippen LogP contribution in [0.5, 0.6) is 5.75 Å². The van der Waals surface area contributed by atoms with Gasteiger partial charge in [-0.15, -0.1) is 0 Å². The Kier molecular flexibility index (Phi) is 3.65. The van der Waals surface area contributed by atoms with E-state index in [1.54, 1.807) is 13.1 Å². The van der Waals surface area contributed by atoms with Crippen LogP contribution in [0.15, 0.2) is 30.5 Å². The van der Waals surface area contributed by atoms with Gasteiger partial charge < -0.3 is 10.1 Å². The Morgan fingerprint density at radius 2 is 2.20 bits per heavy atom. The summed E-state index contributed by atoms with van der Waals surface area (Å²) in [7, 11) is 3.04. The van der Waals surface area contributed by atoms with Gasteiger partial charge in [0, 0.05) is 25.4 Å². The van der Waals surface area contributed by atoms with Crippen molar-refractivity contribution in [2.75, 3.05) is 12.4 Å². The molecule has 104 valence electrons. The summed E-state index contributed by atoms with van der Waals surface area (Å²) in [4.78, 5) is 22.3. The molecular formula is C12H12N4O4. The van der Waals surface area contributed by atoms with Crippen LogP contribution in [0.3, 0.4) is 0 Å². The first-order valence-corrected chi connectivity index (χ1v) is 5.64. The molecule has 2 aromatic rings. The summed E-state index contributed by atoms with van der Waals surface area (Å²) < 4.78 is 6.47. The van der Waals surface area contributed by atoms with Gasteiger partial charge in [-0.25, -0.2) is 0 Å². The Labute approximate surface area is 114 Å². The van der Waals surface area contributed by atoms with Gasteiger partial charge >= 0.3 is 0 Å². The molecule has 1 heterocycles. The maximum Gasteiger partial charge on any atom is 0.274 e. The van der Waals surface area contributed by atoms with Crippen molar-refractivity contribution >= 4 is 17.3 Å². The highest BCUT2D eigenvalue weighted by Gasteiger charge is 2.16. The van der Waals surface area contributed by atoms with E-state index in [4.69, 9.17) is 4.74 Å². The minimum absolute atomic E-state index is 0.133. The van der Waals surface area contributed by atoms with E-state index in [1.165, 1.54) is 36.2 Å². The molecule has 1 N–H and O–H groups in total. The second-order valence-corrected chi connectivity index (χ2v) is 3.94. The number of carbonyl (C=O) groups is 1. The Morgan fingerprint density at radius 3 is 2.75 bits per heavy atom. The molecule has 0 aliphatic heterocycles. The number of hydrogen-bond donors (Lipinski definition) is 1. The van der Waals surface area contributed by atoms with Crippen LogP contribution in [-0.2, 0) is 7.05 Å². The van der Waals surface area contributed by atoms with Crippen LogP contribution < -0.4 is 10.1 Å². The normalized spacial score (nSPS) is 10.1. The third kappa shape index (κ3) is 2.58. The monoisotopic (exact) mass is 276 g/mol. The van der Waals surface area contributed by atoms with Gasteiger partial charge in [0.15, 0.2) is 0 Å². The number of anilines is 1. The summed E-state index contributed by atoms with van der Waals surface area (Å²) in [5, 5.41) is 17.2. The highest BCUT2D eigenvalue weighted by atomic mass is 16.6. The van der Waals surface area contributed by atoms with Crippen molar-refractivity contribution in [2.24, 2.45) is 7.05 Å². The number of carbonyl (C=O) groups excluding carboxylic acids is 1. The minimum atomic E-state index is -0.542. The van der Waals surface area contributed by atoms with E-state index in [9.17, 15) is 14.9 Å². The molecule has 0 radical (unpaired) electrons. The van der Waals surface area contributed by atoms with E-state index < -0.39 is 10.8 Å². The Morgan fingerprint density at radius 1 is 1.45 bits per heavy atom. The first kappa shape index (κ1) is 13.5. The van der Waals surface area contributed by atoms with Gasteiger partial charge in [-0.3, -0.25) is 19.6 Å². The van der Waals surface area contributed by atoms with Crippen molar-refractivity contribution in [3.05, 3.63) is 46.3 Å². The summed E-state index contributed by atoms with van der Waals surface area (Å²) in [5.41, 5.74) is 0.428. The minimum Gasteiger partial charge on any atom is -0.495 e. The number of nitrogens with zero attached hydrogens (tertiary/aromatic N) is 3. The predicted octanol–water partition coefficient (Wildman–Crippen LogP) is 1.59. The van der Waals surface area contributed by atoms with Crippen LogP contribution in [-0.4, -0.2) is 27.7 Å². The summed E-state index contributed by atoms with van der Waals surface area (Å²) in [6.45, 7) is 0. The van der Waals surface area contributed by atoms with Crippen LogP contribution >= 0.6 is 0 Å². The van der Waals surface area contributed by atoms with E-state index in [1.807, 2.05) is 0 Å². The lowest BCUT2D eigenvalue weighted by Gasteiger charge is -2.09. The smallest absolute Gasteiger partial charge is 0.274 e. The number of methoxy groups -OCH3 is 1. The number of aryl methyl sites for hydroxylation is 1. The van der Waals surface area contributed by atoms with Crippen molar-refractivity contribution in [2.45, 2.75) is 0 Å². The third-order valence-corrected chi connectivity index (χ3v) is 2.70. The Hall–Kier alpha value is -2.90. The molecule has 1 aromatic heterocycles. The van der Waals surface area contributed by atoms with Crippen LogP contribution in [0.25, 0.3) is 0 Å². The van der Waals surface area contributed by atoms with Crippen molar-refractivity contribution in [3.63, 3.8) is 0 Å². The van der Waals surface area contributed by atoms with Crippen LogP contribution in [0.1, 0.15) is 10.5 Å². The number of rotatable bonds is 4. The van der Waals surface area contributed by atoms with Gasteiger partial charge in [0.05, 0.1) is 17.7 Å². The fourth-order valence-corrected chi connectivity index (χ4v) is 1.69. The maximum atomic E-state index is 12.0. The molecular weight excluding hydrogens is 264 g/mol. The SMILES string of the molecule is COc1ccc([N+](=O)[O-])cc1NC(=O)c1ccnn1C. The molecule has 0 aliphatic carbocycles. The number of benzene rings is 1. The zero-order valence-corrected chi connectivity index (χ0v) is 10.9. The van der Waals surface area contributed by atoms with Crippen molar-refractivity contribution in [1.29, 1.82) is 0 Å². The maximum absolute atomic E-state index is 12.0. The van der Waals surface area contributed by atoms with Crippen LogP contribution in [0.2, 0.25) is 0 Å². The van der Waals surface area contributed by atoms with Gasteiger partial charge in [-0.05, 0) is 12.1 Å². The van der Waals surface area contributed by atoms with Crippen LogP contribution in [0, 0.1) is 10.1 Å². The molecule has 1 amide bonds. The molecule has 0 spiro atoms. The molecule has 0 aliphatic rings. The number of nitro benzene ring substituents is 1. The average molecular weight is 276 g/mol. The highest BCUT2D eigenvalue weighted by molar-refractivity contribution is 6.04. The number of ether oxygens (including phenoxy) is 1. The quantitative estimate of drug-likeness (QED) is 0.675. The van der Waals surface area contributed by atoms with Crippen molar-refractivity contribution in [1.82, 2.24) is 9.78 Å². The second kappa shape index (κ2) is 5.39. The molecule has 0 atom stereocenters. The number of nitrogens with one attached hydrogen (secondary N) is 1. The average Bonchev–Trinajstić information content (AvgIpc) is 2.84. The Balaban J connectivity index is 2.32. The lowest BCUT2D eigenvalue weighted by Crippen LogP contribution is -2.16. The van der Waals surface area contributed by atoms with Gasteiger partial charge in [-0.2, -0.15) is 5.10 Å². The lowest BCUT2D eigenvalue weighted by molar-refractivity contribution is -0.384. The van der Waals surface area contributed by atoms with E-state index in [0.29, 0.717) is 11.4 Å². The molecule has 2 rings (SSSR count). The largest absolute Gasteiger partial charge is 0.495 e. The van der Waals surface area contributed by atoms with Crippen LogP contribution in [0.4, 0.5) is 11.4 Å². The molecule has 0 fully saturated rings. The van der Waals surface area contributed by atoms with Gasteiger partial charge in [0.25, 0.3) is 11.6 Å². The number of aromatic nitrogens is 2. The number of non-ortho nitro benzene ring substituents is 1. The summed E-state index contributed by atoms with van der Waals surface area (Å²) >= 11 is 0. The summed E-state index contributed by atoms with van der Waals surface area (Å²) in [6.07, 6.45) is 1.49. The number of nitro groups is 1. The standard InChI is InChI=1S/C12H12N4O4/c1-15-10(5-6-13-15)12(17)14-9-7-8(16(18)19)3-4-11(9)20-2/h3-7H,1-2H3,(H,14,17). The van der Waals surface area contributed by atoms with Crippen molar-refractivity contribution in [3.8, 4) is 5.75 Å². The highest BCUT2D eigenvalue weighted by Crippen LogP contribution is 2.29. The van der Waals surface area contributed by atoms with E-state index in [0.717, 1.165) is 0 Å². The second-order valence-electron chi connectivity index (χ2n) is 3.94. The van der Waals surface area contributed by atoms with E-state index in [2.05, 4.69) is 10.4 Å². The molecule has 0 saturated heterocycles. The fourth-order valence-electron chi connectivity index (χ4n) is 1.69. The Bertz CT molecular complexity index is 665.